The van der Waals surface area contributed by atoms with E-state index >= 15 is 0 Å². The van der Waals surface area contributed by atoms with E-state index in [1.807, 2.05) is 53.7 Å². The average Bonchev–Trinajstić information content (AvgIpc) is 2.81. The summed E-state index contributed by atoms with van der Waals surface area (Å²) in [4.78, 5) is 4.80. The maximum Gasteiger partial charge on any atom is 0.516 e. The summed E-state index contributed by atoms with van der Waals surface area (Å²) >= 11 is 0. The van der Waals surface area contributed by atoms with Crippen LogP contribution in [0.25, 0.3) is 11.1 Å². The first kappa shape index (κ1) is 29.0. The maximum atomic E-state index is 13.1. The van der Waals surface area contributed by atoms with Crippen LogP contribution in [-0.2, 0) is 16.4 Å². The zero-order valence-electron chi connectivity index (χ0n) is 22.3. The van der Waals surface area contributed by atoms with Gasteiger partial charge in [-0.15, -0.1) is 0 Å². The minimum absolute atomic E-state index is 0.161. The summed E-state index contributed by atoms with van der Waals surface area (Å²) in [5, 5.41) is 3.38. The Balaban J connectivity index is 2.04. The van der Waals surface area contributed by atoms with Crippen LogP contribution < -0.4 is 10.0 Å². The fourth-order valence-corrected chi connectivity index (χ4v) is 4.96. The lowest BCUT2D eigenvalue weighted by Gasteiger charge is -2.20. The van der Waals surface area contributed by atoms with E-state index in [2.05, 4.69) is 17.4 Å². The molecule has 38 heavy (non-hydrogen) atoms. The summed E-state index contributed by atoms with van der Waals surface area (Å²) in [5.74, 6) is 0. The molecule has 2 N–H and O–H groups in total. The molecule has 0 aliphatic rings. The van der Waals surface area contributed by atoms with E-state index in [1.165, 1.54) is 17.7 Å². The molecule has 0 saturated heterocycles. The molecule has 3 rings (SSSR count). The van der Waals surface area contributed by atoms with E-state index in [0.29, 0.717) is 23.2 Å². The molecule has 5 nitrogen and oxygen atoms in total. The SMILES string of the molecule is CCc1cccc(-c2ccccc2NS(=O)(=O)C(F)(F)F)c1N/C(C)=C\C(C)=Nc1c(C)cc(C)cc1C. The Bertz CT molecular complexity index is 1480. The molecule has 3 aromatic rings. The lowest BCUT2D eigenvalue weighted by atomic mass is 9.97. The standard InChI is InChI=1S/C29H32F3N3O2S/c1-7-23-11-10-13-25(24-12-8-9-14-26(24)35-38(36,37)29(30,31)32)28(23)34-22(6)17-21(5)33-27-19(3)15-18(2)16-20(27)4/h8-17,34-35H,7H2,1-6H3/b22-17-,33-21?. The predicted octanol–water partition coefficient (Wildman–Crippen LogP) is 8.21. The second-order valence-corrected chi connectivity index (χ2v) is 10.9. The highest BCUT2D eigenvalue weighted by Crippen LogP contribution is 2.38. The molecule has 0 spiro atoms. The number of hydrogen-bond acceptors (Lipinski definition) is 4. The number of nitrogens with zero attached hydrogens (tertiary/aromatic N) is 1. The van der Waals surface area contributed by atoms with Gasteiger partial charge in [0.15, 0.2) is 0 Å². The van der Waals surface area contributed by atoms with Gasteiger partial charge in [-0.05, 0) is 69.9 Å². The van der Waals surface area contributed by atoms with Crippen LogP contribution in [0.4, 0.5) is 30.2 Å². The highest BCUT2D eigenvalue weighted by molar-refractivity contribution is 7.93. The molecule has 0 aliphatic heterocycles. The van der Waals surface area contributed by atoms with E-state index in [9.17, 15) is 21.6 Å². The summed E-state index contributed by atoms with van der Waals surface area (Å²) in [6, 6.07) is 15.7. The maximum absolute atomic E-state index is 13.1. The molecule has 0 aliphatic carbocycles. The average molecular weight is 544 g/mol. The van der Waals surface area contributed by atoms with Crippen LogP contribution in [0.1, 0.15) is 43.0 Å². The van der Waals surface area contributed by atoms with Crippen molar-refractivity contribution >= 4 is 32.8 Å². The van der Waals surface area contributed by atoms with Crippen molar-refractivity contribution in [2.75, 3.05) is 10.0 Å². The first-order chi connectivity index (χ1) is 17.7. The number of para-hydroxylation sites is 2. The number of alkyl halides is 3. The molecule has 0 bridgehead atoms. The van der Waals surface area contributed by atoms with E-state index in [1.54, 1.807) is 29.0 Å². The van der Waals surface area contributed by atoms with E-state index in [-0.39, 0.29) is 5.69 Å². The summed E-state index contributed by atoms with van der Waals surface area (Å²) in [6.07, 6.45) is 2.54. The largest absolute Gasteiger partial charge is 0.516 e. The number of nitrogens with one attached hydrogen (secondary N) is 2. The highest BCUT2D eigenvalue weighted by Gasteiger charge is 2.46. The van der Waals surface area contributed by atoms with E-state index < -0.39 is 15.5 Å². The molecule has 0 fully saturated rings. The van der Waals surface area contributed by atoms with Crippen LogP contribution in [0.5, 0.6) is 0 Å². The van der Waals surface area contributed by atoms with Gasteiger partial charge in [0, 0.05) is 28.2 Å². The van der Waals surface area contributed by atoms with Crippen molar-refractivity contribution in [2.45, 2.75) is 53.5 Å². The second-order valence-electron chi connectivity index (χ2n) is 9.24. The number of benzene rings is 3. The van der Waals surface area contributed by atoms with Crippen molar-refractivity contribution in [3.63, 3.8) is 0 Å². The van der Waals surface area contributed by atoms with E-state index in [4.69, 9.17) is 4.99 Å². The number of sulfonamides is 1. The van der Waals surface area contributed by atoms with Crippen LogP contribution in [0.2, 0.25) is 0 Å². The minimum atomic E-state index is -5.59. The second kappa shape index (κ2) is 11.4. The lowest BCUT2D eigenvalue weighted by molar-refractivity contribution is -0.0429. The third-order valence-electron chi connectivity index (χ3n) is 5.97. The number of rotatable bonds is 8. The van der Waals surface area contributed by atoms with Crippen molar-refractivity contribution in [3.05, 3.63) is 88.6 Å². The lowest BCUT2D eigenvalue weighted by Crippen LogP contribution is -2.30. The van der Waals surface area contributed by atoms with E-state index in [0.717, 1.165) is 33.8 Å². The van der Waals surface area contributed by atoms with Gasteiger partial charge in [-0.3, -0.25) is 9.71 Å². The number of halogens is 3. The van der Waals surface area contributed by atoms with Crippen LogP contribution >= 0.6 is 0 Å². The van der Waals surface area contributed by atoms with Crippen molar-refractivity contribution in [1.82, 2.24) is 0 Å². The predicted molar refractivity (Wildman–Crippen MR) is 151 cm³/mol. The van der Waals surface area contributed by atoms with Gasteiger partial charge < -0.3 is 5.32 Å². The van der Waals surface area contributed by atoms with Gasteiger partial charge in [-0.25, -0.2) is 0 Å². The van der Waals surface area contributed by atoms with Crippen molar-refractivity contribution in [3.8, 4) is 11.1 Å². The molecule has 0 saturated carbocycles. The van der Waals surface area contributed by atoms with Crippen LogP contribution in [0.3, 0.4) is 0 Å². The fraction of sp³-hybridized carbons (Fsp3) is 0.276. The quantitative estimate of drug-likeness (QED) is 0.281. The minimum Gasteiger partial charge on any atom is -0.358 e. The summed E-state index contributed by atoms with van der Waals surface area (Å²) in [7, 11) is -5.59. The number of anilines is 2. The molecule has 202 valence electrons. The molecule has 0 atom stereocenters. The third-order valence-corrected chi connectivity index (χ3v) is 7.07. The van der Waals surface area contributed by atoms with Gasteiger partial charge >= 0.3 is 15.5 Å². The summed E-state index contributed by atoms with van der Waals surface area (Å²) < 4.78 is 64.7. The first-order valence-corrected chi connectivity index (χ1v) is 13.6. The topological polar surface area (TPSA) is 70.6 Å². The zero-order valence-corrected chi connectivity index (χ0v) is 23.1. The molecule has 0 unspecified atom stereocenters. The molecular formula is C29H32F3N3O2S. The summed E-state index contributed by atoms with van der Waals surface area (Å²) in [6.45, 7) is 11.8. The van der Waals surface area contributed by atoms with Crippen LogP contribution in [0.15, 0.2) is 71.4 Å². The molecular weight excluding hydrogens is 511 g/mol. The number of aryl methyl sites for hydroxylation is 4. The molecule has 0 aromatic heterocycles. The van der Waals surface area contributed by atoms with Crippen molar-refractivity contribution < 1.29 is 21.6 Å². The Kier molecular flexibility index (Phi) is 8.72. The fourth-order valence-electron chi connectivity index (χ4n) is 4.38. The van der Waals surface area contributed by atoms with Crippen molar-refractivity contribution in [1.29, 1.82) is 0 Å². The molecule has 3 aromatic carbocycles. The van der Waals surface area contributed by atoms with Gasteiger partial charge in [0.05, 0.1) is 11.4 Å². The smallest absolute Gasteiger partial charge is 0.358 e. The summed E-state index contributed by atoms with van der Waals surface area (Å²) in [5.41, 5.74) is 2.69. The molecule has 0 radical (unpaired) electrons. The van der Waals surface area contributed by atoms with Crippen LogP contribution in [-0.4, -0.2) is 19.6 Å². The number of allylic oxidation sites excluding steroid dienone is 2. The third kappa shape index (κ3) is 6.64. The normalized spacial score (nSPS) is 13.0. The Morgan fingerprint density at radius 2 is 1.55 bits per heavy atom. The van der Waals surface area contributed by atoms with Crippen LogP contribution in [0, 0.1) is 20.8 Å². The zero-order chi connectivity index (χ0) is 28.3. The Labute approximate surface area is 222 Å². The van der Waals surface area contributed by atoms with Crippen molar-refractivity contribution in [2.24, 2.45) is 4.99 Å². The Morgan fingerprint density at radius 1 is 0.947 bits per heavy atom. The van der Waals surface area contributed by atoms with Gasteiger partial charge in [0.25, 0.3) is 0 Å². The monoisotopic (exact) mass is 543 g/mol. The van der Waals surface area contributed by atoms with Gasteiger partial charge in [0.1, 0.15) is 0 Å². The van der Waals surface area contributed by atoms with Gasteiger partial charge in [0.2, 0.25) is 0 Å². The first-order valence-electron chi connectivity index (χ1n) is 12.1. The molecule has 0 amide bonds. The number of hydrogen-bond donors (Lipinski definition) is 2. The molecule has 0 heterocycles. The van der Waals surface area contributed by atoms with Gasteiger partial charge in [-0.2, -0.15) is 21.6 Å². The highest BCUT2D eigenvalue weighted by atomic mass is 32.2. The molecule has 9 heteroatoms. The Morgan fingerprint density at radius 3 is 2.16 bits per heavy atom. The Hall–Kier alpha value is -3.59. The van der Waals surface area contributed by atoms with Gasteiger partial charge in [-0.1, -0.05) is 61.0 Å². The number of aliphatic imine (C=N–C) groups is 1.